The Morgan fingerprint density at radius 2 is 1.86 bits per heavy atom. The molecule has 0 aromatic heterocycles. The van der Waals surface area contributed by atoms with Crippen LogP contribution < -0.4 is 11.1 Å². The van der Waals surface area contributed by atoms with Crippen molar-refractivity contribution in [2.45, 2.75) is 38.5 Å². The van der Waals surface area contributed by atoms with Gasteiger partial charge in [0, 0.05) is 12.2 Å². The predicted octanol–water partition coefficient (Wildman–Crippen LogP) is 2.65. The van der Waals surface area contributed by atoms with Gasteiger partial charge in [-0.1, -0.05) is 25.0 Å². The summed E-state index contributed by atoms with van der Waals surface area (Å²) in [5.41, 5.74) is 6.91. The van der Waals surface area contributed by atoms with Crippen LogP contribution in [-0.4, -0.2) is 37.0 Å². The Morgan fingerprint density at radius 3 is 2.62 bits per heavy atom. The molecule has 0 bridgehead atoms. The zero-order chi connectivity index (χ0) is 14.9. The molecule has 0 radical (unpaired) electrons. The monoisotopic (exact) mass is 289 g/mol. The van der Waals surface area contributed by atoms with Crippen molar-refractivity contribution in [2.75, 3.05) is 31.9 Å². The summed E-state index contributed by atoms with van der Waals surface area (Å²) in [7, 11) is 0. The Bertz CT molecular complexity index is 441. The molecule has 116 valence electrons. The van der Waals surface area contributed by atoms with Gasteiger partial charge in [0.15, 0.2) is 0 Å². The van der Waals surface area contributed by atoms with Gasteiger partial charge in [-0.15, -0.1) is 0 Å². The third-order valence-electron chi connectivity index (χ3n) is 4.09. The van der Waals surface area contributed by atoms with Gasteiger partial charge >= 0.3 is 0 Å². The minimum atomic E-state index is -0.0656. The summed E-state index contributed by atoms with van der Waals surface area (Å²) in [6, 6.07) is 7.20. The number of carbonyl (C=O) groups excluding carboxylic acids is 1. The molecule has 1 amide bonds. The van der Waals surface area contributed by atoms with E-state index in [1.54, 1.807) is 12.1 Å². The third-order valence-corrected chi connectivity index (χ3v) is 4.09. The van der Waals surface area contributed by atoms with Crippen LogP contribution in [0.25, 0.3) is 0 Å². The minimum absolute atomic E-state index is 0.0656. The number of nitrogens with two attached hydrogens (primary N) is 1. The molecule has 1 aliphatic rings. The molecule has 0 atom stereocenters. The van der Waals surface area contributed by atoms with Crippen molar-refractivity contribution in [3.63, 3.8) is 0 Å². The SMILES string of the molecule is Nc1ccccc1C(=O)NCCCCCN1CCCCC1. The maximum atomic E-state index is 11.9. The highest BCUT2D eigenvalue weighted by molar-refractivity contribution is 5.98. The van der Waals surface area contributed by atoms with Crippen LogP contribution in [0, 0.1) is 0 Å². The molecule has 1 aromatic rings. The Morgan fingerprint density at radius 1 is 1.10 bits per heavy atom. The van der Waals surface area contributed by atoms with Crippen molar-refractivity contribution < 1.29 is 4.79 Å². The number of likely N-dealkylation sites (tertiary alicyclic amines) is 1. The van der Waals surface area contributed by atoms with Crippen LogP contribution in [0.15, 0.2) is 24.3 Å². The molecule has 1 aromatic carbocycles. The van der Waals surface area contributed by atoms with Gasteiger partial charge in [0.25, 0.3) is 5.91 Å². The average molecular weight is 289 g/mol. The lowest BCUT2D eigenvalue weighted by atomic mass is 10.1. The highest BCUT2D eigenvalue weighted by atomic mass is 16.1. The van der Waals surface area contributed by atoms with Gasteiger partial charge in [0.05, 0.1) is 5.56 Å². The standard InChI is InChI=1S/C17H27N3O/c18-16-10-4-3-9-15(16)17(21)19-11-5-1-6-12-20-13-7-2-8-14-20/h3-4,9-10H,1-2,5-8,11-14,18H2,(H,19,21). The van der Waals surface area contributed by atoms with Crippen molar-refractivity contribution in [1.82, 2.24) is 10.2 Å². The molecule has 1 fully saturated rings. The molecule has 0 aliphatic carbocycles. The smallest absolute Gasteiger partial charge is 0.253 e. The lowest BCUT2D eigenvalue weighted by Gasteiger charge is -2.26. The number of nitrogen functional groups attached to an aromatic ring is 1. The number of nitrogens with zero attached hydrogens (tertiary/aromatic N) is 1. The normalized spacial score (nSPS) is 15.8. The summed E-state index contributed by atoms with van der Waals surface area (Å²) in [5, 5.41) is 2.95. The molecular formula is C17H27N3O. The first kappa shape index (κ1) is 15.8. The highest BCUT2D eigenvalue weighted by Gasteiger charge is 2.09. The second kappa shape index (κ2) is 8.67. The summed E-state index contributed by atoms with van der Waals surface area (Å²) >= 11 is 0. The van der Waals surface area contributed by atoms with Crippen LogP contribution >= 0.6 is 0 Å². The Labute approximate surface area is 127 Å². The van der Waals surface area contributed by atoms with E-state index in [9.17, 15) is 4.79 Å². The van der Waals surface area contributed by atoms with Crippen molar-refractivity contribution in [3.05, 3.63) is 29.8 Å². The molecule has 1 heterocycles. The Hall–Kier alpha value is -1.55. The number of unbranched alkanes of at least 4 members (excludes halogenated alkanes) is 2. The van der Waals surface area contributed by atoms with E-state index in [-0.39, 0.29) is 5.91 Å². The number of para-hydroxylation sites is 1. The third kappa shape index (κ3) is 5.38. The van der Waals surface area contributed by atoms with Gasteiger partial charge in [-0.3, -0.25) is 4.79 Å². The predicted molar refractivity (Wildman–Crippen MR) is 87.3 cm³/mol. The number of benzene rings is 1. The summed E-state index contributed by atoms with van der Waals surface area (Å²) in [6.07, 6.45) is 7.53. The summed E-state index contributed by atoms with van der Waals surface area (Å²) in [6.45, 7) is 4.47. The van der Waals surface area contributed by atoms with E-state index in [4.69, 9.17) is 5.73 Å². The van der Waals surface area contributed by atoms with E-state index in [0.717, 1.165) is 13.0 Å². The van der Waals surface area contributed by atoms with Crippen molar-refractivity contribution in [2.24, 2.45) is 0 Å². The van der Waals surface area contributed by atoms with Crippen LogP contribution in [0.4, 0.5) is 5.69 Å². The Balaban J connectivity index is 1.55. The summed E-state index contributed by atoms with van der Waals surface area (Å²) in [5.74, 6) is -0.0656. The fourth-order valence-corrected chi connectivity index (χ4v) is 2.82. The van der Waals surface area contributed by atoms with Gasteiger partial charge < -0.3 is 16.0 Å². The van der Waals surface area contributed by atoms with Gasteiger partial charge in [0.1, 0.15) is 0 Å². The molecular weight excluding hydrogens is 262 g/mol. The van der Waals surface area contributed by atoms with Crippen LogP contribution in [-0.2, 0) is 0 Å². The van der Waals surface area contributed by atoms with Crippen molar-refractivity contribution >= 4 is 11.6 Å². The lowest BCUT2D eigenvalue weighted by molar-refractivity contribution is 0.0953. The van der Waals surface area contributed by atoms with E-state index in [1.165, 1.54) is 51.7 Å². The van der Waals surface area contributed by atoms with Crippen LogP contribution in [0.2, 0.25) is 0 Å². The minimum Gasteiger partial charge on any atom is -0.398 e. The molecule has 1 aliphatic heterocycles. The van der Waals surface area contributed by atoms with Crippen molar-refractivity contribution in [1.29, 1.82) is 0 Å². The maximum absolute atomic E-state index is 11.9. The van der Waals surface area contributed by atoms with Gasteiger partial charge in [-0.05, 0) is 57.5 Å². The van der Waals surface area contributed by atoms with Gasteiger partial charge in [-0.2, -0.15) is 0 Å². The number of carbonyl (C=O) groups is 1. The lowest BCUT2D eigenvalue weighted by Crippen LogP contribution is -2.30. The van der Waals surface area contributed by atoms with Gasteiger partial charge in [0.2, 0.25) is 0 Å². The first-order valence-electron chi connectivity index (χ1n) is 8.12. The number of hydrogen-bond donors (Lipinski definition) is 2. The molecule has 0 spiro atoms. The molecule has 2 rings (SSSR count). The fraction of sp³-hybridized carbons (Fsp3) is 0.588. The number of hydrogen-bond acceptors (Lipinski definition) is 3. The first-order chi connectivity index (χ1) is 10.3. The second-order valence-corrected chi connectivity index (χ2v) is 5.81. The van der Waals surface area contributed by atoms with Gasteiger partial charge in [-0.25, -0.2) is 0 Å². The van der Waals surface area contributed by atoms with E-state index in [2.05, 4.69) is 10.2 Å². The van der Waals surface area contributed by atoms with Crippen LogP contribution in [0.5, 0.6) is 0 Å². The van der Waals surface area contributed by atoms with E-state index in [1.807, 2.05) is 12.1 Å². The number of nitrogens with one attached hydrogen (secondary N) is 1. The average Bonchev–Trinajstić information content (AvgIpc) is 2.52. The van der Waals surface area contributed by atoms with Crippen molar-refractivity contribution in [3.8, 4) is 0 Å². The summed E-state index contributed by atoms with van der Waals surface area (Å²) in [4.78, 5) is 14.5. The molecule has 0 saturated carbocycles. The molecule has 4 nitrogen and oxygen atoms in total. The van der Waals surface area contributed by atoms with Crippen LogP contribution in [0.3, 0.4) is 0 Å². The topological polar surface area (TPSA) is 58.4 Å². The number of piperidine rings is 1. The quantitative estimate of drug-likeness (QED) is 0.599. The Kier molecular flexibility index (Phi) is 6.54. The first-order valence-corrected chi connectivity index (χ1v) is 8.12. The molecule has 3 N–H and O–H groups in total. The zero-order valence-electron chi connectivity index (χ0n) is 12.8. The second-order valence-electron chi connectivity index (χ2n) is 5.81. The number of rotatable bonds is 7. The van der Waals surface area contributed by atoms with E-state index in [0.29, 0.717) is 11.3 Å². The number of amides is 1. The largest absolute Gasteiger partial charge is 0.398 e. The van der Waals surface area contributed by atoms with E-state index < -0.39 is 0 Å². The number of anilines is 1. The molecule has 21 heavy (non-hydrogen) atoms. The zero-order valence-corrected chi connectivity index (χ0v) is 12.8. The van der Waals surface area contributed by atoms with E-state index >= 15 is 0 Å². The van der Waals surface area contributed by atoms with Crippen LogP contribution in [0.1, 0.15) is 48.9 Å². The molecule has 1 saturated heterocycles. The summed E-state index contributed by atoms with van der Waals surface area (Å²) < 4.78 is 0. The fourth-order valence-electron chi connectivity index (χ4n) is 2.82. The highest BCUT2D eigenvalue weighted by Crippen LogP contribution is 2.11. The maximum Gasteiger partial charge on any atom is 0.253 e. The molecule has 0 unspecified atom stereocenters. The molecule has 4 heteroatoms.